The number of aryl methyl sites for hydroxylation is 2. The first kappa shape index (κ1) is 12.5. The highest BCUT2D eigenvalue weighted by atomic mass is 16.5. The van der Waals surface area contributed by atoms with Gasteiger partial charge in [0, 0.05) is 7.05 Å². The van der Waals surface area contributed by atoms with Gasteiger partial charge in [-0.05, 0) is 62.8 Å². The van der Waals surface area contributed by atoms with Gasteiger partial charge in [-0.2, -0.15) is 0 Å². The summed E-state index contributed by atoms with van der Waals surface area (Å²) in [6, 6.07) is 4.30. The van der Waals surface area contributed by atoms with E-state index in [1.54, 1.807) is 4.90 Å². The van der Waals surface area contributed by atoms with Crippen LogP contribution in [-0.2, 0) is 17.6 Å². The van der Waals surface area contributed by atoms with Gasteiger partial charge in [-0.1, -0.05) is 0 Å². The molecule has 0 N–H and O–H groups in total. The Morgan fingerprint density at radius 1 is 1.16 bits per heavy atom. The minimum atomic E-state index is -0.464. The van der Waals surface area contributed by atoms with E-state index >= 15 is 0 Å². The second-order valence-electron chi connectivity index (χ2n) is 6.33. The number of fused-ring (bicyclic) bond motifs is 2. The maximum absolute atomic E-state index is 12.4. The summed E-state index contributed by atoms with van der Waals surface area (Å²) in [4.78, 5) is 14.2. The van der Waals surface area contributed by atoms with Gasteiger partial charge in [0.15, 0.2) is 0 Å². The molecule has 3 nitrogen and oxygen atoms in total. The Balaban J connectivity index is 2.09. The van der Waals surface area contributed by atoms with Crippen molar-refractivity contribution in [3.8, 4) is 5.75 Å². The Hall–Kier alpha value is -1.51. The van der Waals surface area contributed by atoms with E-state index in [4.69, 9.17) is 4.74 Å². The average molecular weight is 259 g/mol. The van der Waals surface area contributed by atoms with Gasteiger partial charge < -0.3 is 9.64 Å². The fraction of sp³-hybridized carbons (Fsp3) is 0.562. The first-order valence-corrected chi connectivity index (χ1v) is 7.06. The Morgan fingerprint density at radius 3 is 2.47 bits per heavy atom. The molecular formula is C16H21NO2. The highest BCUT2D eigenvalue weighted by Crippen LogP contribution is 2.39. The Kier molecular flexibility index (Phi) is 2.80. The number of amides is 1. The van der Waals surface area contributed by atoms with E-state index in [1.807, 2.05) is 20.9 Å². The topological polar surface area (TPSA) is 29.5 Å². The zero-order valence-corrected chi connectivity index (χ0v) is 12.0. The summed E-state index contributed by atoms with van der Waals surface area (Å²) in [5.74, 6) is 0.990. The molecular weight excluding hydrogens is 238 g/mol. The van der Waals surface area contributed by atoms with E-state index in [1.165, 1.54) is 24.0 Å². The molecule has 0 aromatic heterocycles. The van der Waals surface area contributed by atoms with Crippen molar-refractivity contribution in [1.82, 2.24) is 0 Å². The predicted molar refractivity (Wildman–Crippen MR) is 75.8 cm³/mol. The SMILES string of the molecule is CN1C(=O)C(C)(C)COc2cc3c(cc21)CCCC3. The molecule has 0 atom stereocenters. The van der Waals surface area contributed by atoms with Crippen molar-refractivity contribution in [2.24, 2.45) is 5.41 Å². The largest absolute Gasteiger partial charge is 0.490 e. The molecule has 1 aliphatic heterocycles. The first-order chi connectivity index (χ1) is 8.99. The van der Waals surface area contributed by atoms with Crippen LogP contribution in [0.5, 0.6) is 5.75 Å². The lowest BCUT2D eigenvalue weighted by Gasteiger charge is -2.25. The van der Waals surface area contributed by atoms with Gasteiger partial charge in [0.2, 0.25) is 5.91 Å². The number of nitrogens with zero attached hydrogens (tertiary/aromatic N) is 1. The summed E-state index contributed by atoms with van der Waals surface area (Å²) in [6.45, 7) is 4.33. The van der Waals surface area contributed by atoms with Gasteiger partial charge >= 0.3 is 0 Å². The number of ether oxygens (including phenoxy) is 1. The van der Waals surface area contributed by atoms with Crippen LogP contribution in [0.4, 0.5) is 5.69 Å². The molecule has 0 radical (unpaired) electrons. The molecule has 0 unspecified atom stereocenters. The van der Waals surface area contributed by atoms with Crippen molar-refractivity contribution < 1.29 is 9.53 Å². The van der Waals surface area contributed by atoms with Crippen LogP contribution in [0, 0.1) is 5.41 Å². The van der Waals surface area contributed by atoms with E-state index in [-0.39, 0.29) is 5.91 Å². The van der Waals surface area contributed by atoms with E-state index in [9.17, 15) is 4.79 Å². The second-order valence-corrected chi connectivity index (χ2v) is 6.33. The van der Waals surface area contributed by atoms with Crippen LogP contribution >= 0.6 is 0 Å². The Labute approximate surface area is 114 Å². The highest BCUT2D eigenvalue weighted by molar-refractivity contribution is 5.98. The molecule has 3 heteroatoms. The first-order valence-electron chi connectivity index (χ1n) is 7.06. The standard InChI is InChI=1S/C16H21NO2/c1-16(2)10-19-14-9-12-7-5-4-6-11(12)8-13(14)17(3)15(16)18/h8-9H,4-7,10H2,1-3H3. The summed E-state index contributed by atoms with van der Waals surface area (Å²) in [7, 11) is 1.85. The van der Waals surface area contributed by atoms with E-state index < -0.39 is 5.41 Å². The van der Waals surface area contributed by atoms with Crippen molar-refractivity contribution in [2.75, 3.05) is 18.6 Å². The zero-order valence-electron chi connectivity index (χ0n) is 12.0. The minimum Gasteiger partial charge on any atom is -0.490 e. The molecule has 1 amide bonds. The van der Waals surface area contributed by atoms with Gasteiger partial charge in [-0.15, -0.1) is 0 Å². The lowest BCUT2D eigenvalue weighted by molar-refractivity contribution is -0.127. The number of anilines is 1. The molecule has 19 heavy (non-hydrogen) atoms. The van der Waals surface area contributed by atoms with Crippen molar-refractivity contribution in [3.63, 3.8) is 0 Å². The van der Waals surface area contributed by atoms with Gasteiger partial charge in [0.1, 0.15) is 12.4 Å². The van der Waals surface area contributed by atoms with Gasteiger partial charge in [0.25, 0.3) is 0 Å². The summed E-state index contributed by atoms with van der Waals surface area (Å²) in [5, 5.41) is 0. The number of carbonyl (C=O) groups is 1. The van der Waals surface area contributed by atoms with Crippen LogP contribution in [0.1, 0.15) is 37.8 Å². The minimum absolute atomic E-state index is 0.127. The highest BCUT2D eigenvalue weighted by Gasteiger charge is 2.36. The third-order valence-corrected chi connectivity index (χ3v) is 4.26. The number of carbonyl (C=O) groups excluding carboxylic acids is 1. The van der Waals surface area contributed by atoms with Crippen LogP contribution in [0.25, 0.3) is 0 Å². The Morgan fingerprint density at radius 2 is 1.79 bits per heavy atom. The van der Waals surface area contributed by atoms with Gasteiger partial charge in [-0.3, -0.25) is 4.79 Å². The number of hydrogen-bond acceptors (Lipinski definition) is 2. The summed E-state index contributed by atoms with van der Waals surface area (Å²) >= 11 is 0. The quantitative estimate of drug-likeness (QED) is 0.717. The summed E-state index contributed by atoms with van der Waals surface area (Å²) in [5.41, 5.74) is 3.24. The lowest BCUT2D eigenvalue weighted by atomic mass is 9.90. The molecule has 0 fully saturated rings. The molecule has 1 aromatic carbocycles. The van der Waals surface area contributed by atoms with Crippen LogP contribution < -0.4 is 9.64 Å². The molecule has 0 bridgehead atoms. The van der Waals surface area contributed by atoms with Crippen LogP contribution in [0.15, 0.2) is 12.1 Å². The van der Waals surface area contributed by atoms with Crippen LogP contribution in [0.2, 0.25) is 0 Å². The summed E-state index contributed by atoms with van der Waals surface area (Å²) < 4.78 is 5.91. The van der Waals surface area contributed by atoms with E-state index in [0.717, 1.165) is 24.3 Å². The third-order valence-electron chi connectivity index (χ3n) is 4.26. The average Bonchev–Trinajstić information content (AvgIpc) is 2.49. The van der Waals surface area contributed by atoms with E-state index in [0.29, 0.717) is 6.61 Å². The predicted octanol–water partition coefficient (Wildman–Crippen LogP) is 2.95. The van der Waals surface area contributed by atoms with Crippen LogP contribution in [0.3, 0.4) is 0 Å². The van der Waals surface area contributed by atoms with Gasteiger partial charge in [0.05, 0.1) is 11.1 Å². The number of rotatable bonds is 0. The Bertz CT molecular complexity index is 534. The molecule has 102 valence electrons. The molecule has 0 saturated carbocycles. The molecule has 1 aromatic rings. The number of hydrogen-bond donors (Lipinski definition) is 0. The van der Waals surface area contributed by atoms with E-state index in [2.05, 4.69) is 12.1 Å². The maximum Gasteiger partial charge on any atom is 0.235 e. The molecule has 0 spiro atoms. The normalized spacial score (nSPS) is 21.2. The monoisotopic (exact) mass is 259 g/mol. The molecule has 0 saturated heterocycles. The maximum atomic E-state index is 12.4. The molecule has 3 rings (SSSR count). The molecule has 1 heterocycles. The van der Waals surface area contributed by atoms with Crippen molar-refractivity contribution in [1.29, 1.82) is 0 Å². The molecule has 1 aliphatic carbocycles. The fourth-order valence-corrected chi connectivity index (χ4v) is 3.01. The smallest absolute Gasteiger partial charge is 0.235 e. The van der Waals surface area contributed by atoms with Crippen LogP contribution in [-0.4, -0.2) is 19.6 Å². The van der Waals surface area contributed by atoms with Crippen molar-refractivity contribution in [3.05, 3.63) is 23.3 Å². The third kappa shape index (κ3) is 2.01. The van der Waals surface area contributed by atoms with Crippen molar-refractivity contribution in [2.45, 2.75) is 39.5 Å². The number of benzene rings is 1. The zero-order chi connectivity index (χ0) is 13.6. The molecule has 2 aliphatic rings. The lowest BCUT2D eigenvalue weighted by Crippen LogP contribution is -2.39. The van der Waals surface area contributed by atoms with Crippen molar-refractivity contribution >= 4 is 11.6 Å². The second kappa shape index (κ2) is 4.26. The summed E-state index contributed by atoms with van der Waals surface area (Å²) in [6.07, 6.45) is 4.75. The fourth-order valence-electron chi connectivity index (χ4n) is 3.01. The van der Waals surface area contributed by atoms with Gasteiger partial charge in [-0.25, -0.2) is 0 Å².